The third kappa shape index (κ3) is 5.05. The van der Waals surface area contributed by atoms with Crippen molar-refractivity contribution in [1.82, 2.24) is 15.0 Å². The first-order valence-corrected chi connectivity index (χ1v) is 15.7. The van der Waals surface area contributed by atoms with E-state index in [9.17, 15) is 26.4 Å². The topological polar surface area (TPSA) is 88.2 Å². The summed E-state index contributed by atoms with van der Waals surface area (Å²) in [6.07, 6.45) is 3.80. The van der Waals surface area contributed by atoms with Gasteiger partial charge in [-0.2, -0.15) is 13.2 Å². The first-order valence-electron chi connectivity index (χ1n) is 13.8. The minimum atomic E-state index is -4.62. The van der Waals surface area contributed by atoms with Gasteiger partial charge in [-0.25, -0.2) is 13.0 Å². The Morgan fingerprint density at radius 2 is 1.93 bits per heavy atom. The Morgan fingerprint density at radius 1 is 1.20 bits per heavy atom. The fraction of sp³-hybridized carbons (Fsp3) is 0.483. The Morgan fingerprint density at radius 3 is 2.51 bits per heavy atom. The maximum Gasteiger partial charge on any atom is 0.416 e. The van der Waals surface area contributed by atoms with Crippen molar-refractivity contribution < 1.29 is 31.1 Å². The molecule has 0 saturated heterocycles. The maximum atomic E-state index is 14.3. The summed E-state index contributed by atoms with van der Waals surface area (Å²) in [4.78, 5) is 15.2. The van der Waals surface area contributed by atoms with Crippen LogP contribution in [0.15, 0.2) is 43.0 Å². The van der Waals surface area contributed by atoms with Crippen molar-refractivity contribution in [2.75, 3.05) is 11.2 Å². The molecule has 3 aromatic rings. The number of alkyl halides is 3. The van der Waals surface area contributed by atoms with E-state index in [1.165, 1.54) is 11.2 Å². The number of rotatable bonds is 7. The summed E-state index contributed by atoms with van der Waals surface area (Å²) < 4.78 is 70.5. The minimum absolute atomic E-state index is 0.0377. The van der Waals surface area contributed by atoms with Crippen LogP contribution >= 0.6 is 0 Å². The largest absolute Gasteiger partial charge is 0.416 e. The second-order valence-electron chi connectivity index (χ2n) is 12.0. The van der Waals surface area contributed by atoms with E-state index in [1.54, 1.807) is 47.2 Å². The predicted octanol–water partition coefficient (Wildman–Crippen LogP) is 4.20. The molecule has 2 fully saturated rings. The number of nitrogens with zero attached hydrogens (tertiary/aromatic N) is 4. The third-order valence-electron chi connectivity index (χ3n) is 8.94. The number of hydrogen-bond acceptors (Lipinski definition) is 5. The van der Waals surface area contributed by atoms with Gasteiger partial charge in [0.15, 0.2) is 5.69 Å². The van der Waals surface area contributed by atoms with Gasteiger partial charge < -0.3 is 5.32 Å². The fourth-order valence-electron chi connectivity index (χ4n) is 6.22. The Labute approximate surface area is 237 Å². The highest BCUT2D eigenvalue weighted by Gasteiger charge is 2.44. The van der Waals surface area contributed by atoms with E-state index in [1.807, 2.05) is 6.07 Å². The number of sulfone groups is 1. The summed E-state index contributed by atoms with van der Waals surface area (Å²) in [5, 5.41) is 7.35. The Bertz CT molecular complexity index is 1640. The Balaban J connectivity index is 1.40. The molecule has 218 valence electrons. The average Bonchev–Trinajstić information content (AvgIpc) is 3.41. The number of aromatic nitrogens is 3. The molecule has 1 amide bonds. The van der Waals surface area contributed by atoms with Crippen molar-refractivity contribution in [1.29, 1.82) is 0 Å². The van der Waals surface area contributed by atoms with E-state index in [0.29, 0.717) is 29.8 Å². The summed E-state index contributed by atoms with van der Waals surface area (Å²) in [6.45, 7) is 2.08. The molecule has 0 unspecified atom stereocenters. The van der Waals surface area contributed by atoms with Crippen LogP contribution in [0.1, 0.15) is 77.6 Å². The molecule has 2 aromatic carbocycles. The van der Waals surface area contributed by atoms with Crippen LogP contribution < -0.4 is 14.9 Å². The van der Waals surface area contributed by atoms with E-state index < -0.39 is 32.7 Å². The number of carbonyl (C=O) groups excluding carboxylic acids is 1. The molecule has 2 saturated carbocycles. The molecular formula is C29H33F3N5O3S+. The summed E-state index contributed by atoms with van der Waals surface area (Å²) in [6, 6.07) is 8.10. The van der Waals surface area contributed by atoms with Gasteiger partial charge in [0.2, 0.25) is 6.33 Å². The smallest absolute Gasteiger partial charge is 0.307 e. The molecule has 2 heterocycles. The lowest BCUT2D eigenvalue weighted by molar-refractivity contribution is -0.657. The molecule has 12 heteroatoms. The van der Waals surface area contributed by atoms with Crippen LogP contribution in [0.3, 0.4) is 0 Å². The Kier molecular flexibility index (Phi) is 6.57. The summed E-state index contributed by atoms with van der Waals surface area (Å²) in [5.74, 6) is -0.588. The normalized spacial score (nSPS) is 21.9. The van der Waals surface area contributed by atoms with Gasteiger partial charge in [-0.15, -0.1) is 0 Å². The van der Waals surface area contributed by atoms with Crippen LogP contribution in [-0.4, -0.2) is 41.0 Å². The molecule has 2 aliphatic carbocycles. The minimum Gasteiger partial charge on any atom is -0.307 e. The standard InChI is InChI=1S/C29H33F3N5O3S/c1-28(8-5-9-28)33-14-18-10-22-23(24(11-18)29(30,31)32)15-36(27(22)38)25-7-4-6-21(19-12-20(13-19)41(3,39)40)26(25)37-17-35(2)16-34-37/h4,6-7,10-11,16-17,19-20,33H,5,8-9,12-15H2,1-3H3/q+1/t19-,20-. The molecule has 1 aliphatic heterocycles. The molecule has 1 N–H and O–H groups in total. The number of aryl methyl sites for hydroxylation is 1. The van der Waals surface area contributed by atoms with Crippen LogP contribution in [0.25, 0.3) is 5.69 Å². The number of carbonyl (C=O) groups is 1. The van der Waals surface area contributed by atoms with Gasteiger partial charge in [-0.05, 0) is 79.4 Å². The predicted molar refractivity (Wildman–Crippen MR) is 146 cm³/mol. The van der Waals surface area contributed by atoms with Gasteiger partial charge in [0, 0.05) is 29.5 Å². The number of fused-ring (bicyclic) bond motifs is 1. The first-order chi connectivity index (χ1) is 19.2. The zero-order valence-electron chi connectivity index (χ0n) is 23.2. The molecule has 0 spiro atoms. The molecule has 0 atom stereocenters. The number of halogens is 3. The van der Waals surface area contributed by atoms with Crippen LogP contribution in [0.4, 0.5) is 18.9 Å². The number of anilines is 1. The van der Waals surface area contributed by atoms with Crippen LogP contribution in [0, 0.1) is 0 Å². The van der Waals surface area contributed by atoms with Gasteiger partial charge in [-0.1, -0.05) is 16.8 Å². The molecule has 0 bridgehead atoms. The van der Waals surface area contributed by atoms with Crippen molar-refractivity contribution in [2.24, 2.45) is 7.05 Å². The monoisotopic (exact) mass is 588 g/mol. The number of amides is 1. The molecule has 8 nitrogen and oxygen atoms in total. The summed E-state index contributed by atoms with van der Waals surface area (Å²) in [7, 11) is -1.40. The number of nitrogens with one attached hydrogen (secondary N) is 1. The first kappa shape index (κ1) is 27.9. The van der Waals surface area contributed by atoms with E-state index in [-0.39, 0.29) is 35.7 Å². The zero-order chi connectivity index (χ0) is 29.3. The van der Waals surface area contributed by atoms with Crippen molar-refractivity contribution in [3.05, 3.63) is 70.8 Å². The molecular weight excluding hydrogens is 555 g/mol. The lowest BCUT2D eigenvalue weighted by Crippen LogP contribution is -2.47. The highest BCUT2D eigenvalue weighted by molar-refractivity contribution is 7.91. The highest BCUT2D eigenvalue weighted by Crippen LogP contribution is 2.45. The Hall–Kier alpha value is -3.25. The second kappa shape index (κ2) is 9.65. The van der Waals surface area contributed by atoms with Crippen molar-refractivity contribution >= 4 is 21.4 Å². The van der Waals surface area contributed by atoms with Crippen LogP contribution in [0.5, 0.6) is 0 Å². The van der Waals surface area contributed by atoms with Crippen LogP contribution in [0.2, 0.25) is 0 Å². The van der Waals surface area contributed by atoms with E-state index in [4.69, 9.17) is 0 Å². The van der Waals surface area contributed by atoms with Crippen LogP contribution in [-0.2, 0) is 36.2 Å². The lowest BCUT2D eigenvalue weighted by Gasteiger charge is -2.39. The molecule has 3 aliphatic rings. The zero-order valence-corrected chi connectivity index (χ0v) is 24.0. The van der Waals surface area contributed by atoms with Gasteiger partial charge >= 0.3 is 6.18 Å². The second-order valence-corrected chi connectivity index (χ2v) is 14.3. The van der Waals surface area contributed by atoms with E-state index >= 15 is 0 Å². The molecule has 1 aromatic heterocycles. The number of benzene rings is 2. The van der Waals surface area contributed by atoms with E-state index in [0.717, 1.165) is 30.9 Å². The molecule has 0 radical (unpaired) electrons. The summed E-state index contributed by atoms with van der Waals surface area (Å²) >= 11 is 0. The average molecular weight is 589 g/mol. The van der Waals surface area contributed by atoms with Crippen molar-refractivity contribution in [3.8, 4) is 5.69 Å². The van der Waals surface area contributed by atoms with Crippen molar-refractivity contribution in [3.63, 3.8) is 0 Å². The summed E-state index contributed by atoms with van der Waals surface area (Å²) in [5.41, 5.74) is 1.37. The number of para-hydroxylation sites is 1. The molecule has 41 heavy (non-hydrogen) atoms. The van der Waals surface area contributed by atoms with Gasteiger partial charge in [0.25, 0.3) is 12.2 Å². The quantitative estimate of drug-likeness (QED) is 0.418. The highest BCUT2D eigenvalue weighted by atomic mass is 32.2. The lowest BCUT2D eigenvalue weighted by atomic mass is 9.78. The molecule has 6 rings (SSSR count). The van der Waals surface area contributed by atoms with Gasteiger partial charge in [0.1, 0.15) is 9.84 Å². The fourth-order valence-corrected chi connectivity index (χ4v) is 7.38. The van der Waals surface area contributed by atoms with Gasteiger partial charge in [-0.3, -0.25) is 9.69 Å². The third-order valence-corrected chi connectivity index (χ3v) is 10.5. The van der Waals surface area contributed by atoms with E-state index in [2.05, 4.69) is 17.3 Å². The SMILES string of the molecule is Cn1cn[n+](-c2c(N3Cc4c(cc(CNC5(C)CCC5)cc4C(F)(F)F)C3=O)cccc2[C@H]2C[C@H](S(C)(=O)=O)C2)c1. The van der Waals surface area contributed by atoms with Gasteiger partial charge in [0.05, 0.1) is 30.1 Å². The maximum absolute atomic E-state index is 14.3. The number of hydrogen-bond donors (Lipinski definition) is 1. The van der Waals surface area contributed by atoms with Crippen molar-refractivity contribution in [2.45, 2.75) is 75.0 Å².